The molecule has 0 spiro atoms. The van der Waals surface area contributed by atoms with Crippen molar-refractivity contribution in [3.05, 3.63) is 23.8 Å². The van der Waals surface area contributed by atoms with Gasteiger partial charge in [0.25, 0.3) is 0 Å². The molecule has 1 heterocycles. The Balaban J connectivity index is 1.99. The van der Waals surface area contributed by atoms with Crippen LogP contribution in [0.1, 0.15) is 40.5 Å². The van der Waals surface area contributed by atoms with E-state index < -0.39 is 0 Å². The van der Waals surface area contributed by atoms with Crippen LogP contribution in [0.4, 0.5) is 0 Å². The quantitative estimate of drug-likeness (QED) is 0.593. The van der Waals surface area contributed by atoms with E-state index in [4.69, 9.17) is 11.6 Å². The molecule has 1 aliphatic carbocycles. The zero-order valence-electron chi connectivity index (χ0n) is 14.9. The number of nitrogens with zero attached hydrogens (tertiary/aromatic N) is 1. The number of carbonyl (C=O) groups is 1. The number of allylic oxidation sites excluding steroid dienone is 4. The lowest BCUT2D eigenvalue weighted by Crippen LogP contribution is -2.51. The van der Waals surface area contributed by atoms with Crippen LogP contribution in [0.25, 0.3) is 0 Å². The third-order valence-electron chi connectivity index (χ3n) is 5.33. The summed E-state index contributed by atoms with van der Waals surface area (Å²) >= 11 is 6.16. The monoisotopic (exact) mass is 338 g/mol. The molecule has 4 heteroatoms. The molecule has 23 heavy (non-hydrogen) atoms. The van der Waals surface area contributed by atoms with Gasteiger partial charge in [-0.05, 0) is 42.2 Å². The Bertz CT molecular complexity index is 470. The zero-order valence-corrected chi connectivity index (χ0v) is 15.6. The molecule has 1 saturated heterocycles. The summed E-state index contributed by atoms with van der Waals surface area (Å²) in [5.41, 5.74) is 1.69. The highest BCUT2D eigenvalue weighted by molar-refractivity contribution is 6.22. The average molecular weight is 339 g/mol. The molecule has 3 atom stereocenters. The van der Waals surface area contributed by atoms with Gasteiger partial charge >= 0.3 is 0 Å². The summed E-state index contributed by atoms with van der Waals surface area (Å²) in [5.74, 6) is 1.04. The molecule has 3 nitrogen and oxygen atoms in total. The van der Waals surface area contributed by atoms with Gasteiger partial charge in [-0.2, -0.15) is 0 Å². The van der Waals surface area contributed by atoms with Gasteiger partial charge in [0.05, 0.1) is 5.38 Å². The number of nitrogens with one attached hydrogen (secondary N) is 1. The molecule has 0 aromatic rings. The van der Waals surface area contributed by atoms with Gasteiger partial charge in [0.1, 0.15) is 0 Å². The lowest BCUT2D eigenvalue weighted by Gasteiger charge is -2.46. The van der Waals surface area contributed by atoms with Gasteiger partial charge in [-0.25, -0.2) is 0 Å². The minimum atomic E-state index is 0.156. The van der Waals surface area contributed by atoms with Crippen LogP contribution >= 0.6 is 11.6 Å². The lowest BCUT2D eigenvalue weighted by molar-refractivity contribution is -0.110. The maximum atomic E-state index is 10.8. The highest BCUT2D eigenvalue weighted by Gasteiger charge is 2.38. The largest absolute Gasteiger partial charge is 0.354 e. The summed E-state index contributed by atoms with van der Waals surface area (Å²) in [4.78, 5) is 13.3. The predicted molar refractivity (Wildman–Crippen MR) is 97.6 cm³/mol. The maximum Gasteiger partial charge on any atom is 0.207 e. The van der Waals surface area contributed by atoms with Gasteiger partial charge in [0.2, 0.25) is 6.41 Å². The van der Waals surface area contributed by atoms with Crippen molar-refractivity contribution in [1.29, 1.82) is 0 Å². The normalized spacial score (nSPS) is 29.2. The molecule has 1 N–H and O–H groups in total. The first kappa shape index (κ1) is 18.5. The van der Waals surface area contributed by atoms with Gasteiger partial charge in [-0.15, -0.1) is 11.6 Å². The van der Waals surface area contributed by atoms with Crippen LogP contribution in [-0.4, -0.2) is 42.4 Å². The van der Waals surface area contributed by atoms with Crippen LogP contribution in [-0.2, 0) is 4.79 Å². The predicted octanol–water partition coefficient (Wildman–Crippen LogP) is 3.60. The Morgan fingerprint density at radius 3 is 2.74 bits per heavy atom. The summed E-state index contributed by atoms with van der Waals surface area (Å²) in [6.07, 6.45) is 9.63. The first-order chi connectivity index (χ1) is 10.8. The second-order valence-electron chi connectivity index (χ2n) is 8.01. The average Bonchev–Trinajstić information content (AvgIpc) is 2.47. The van der Waals surface area contributed by atoms with Crippen molar-refractivity contribution in [2.45, 2.75) is 52.0 Å². The van der Waals surface area contributed by atoms with Gasteiger partial charge in [0, 0.05) is 19.1 Å². The van der Waals surface area contributed by atoms with Crippen molar-refractivity contribution in [2.75, 3.05) is 19.6 Å². The van der Waals surface area contributed by atoms with E-state index in [0.29, 0.717) is 11.8 Å². The Kier molecular flexibility index (Phi) is 6.33. The van der Waals surface area contributed by atoms with E-state index in [9.17, 15) is 4.79 Å². The fourth-order valence-electron chi connectivity index (χ4n) is 3.93. The second kappa shape index (κ2) is 7.85. The molecule has 1 amide bonds. The number of alkyl halides is 1. The highest BCUT2D eigenvalue weighted by atomic mass is 35.5. The topological polar surface area (TPSA) is 32.3 Å². The molecule has 2 rings (SSSR count). The Labute approximate surface area is 146 Å². The van der Waals surface area contributed by atoms with Gasteiger partial charge in [-0.1, -0.05) is 45.9 Å². The Morgan fingerprint density at radius 1 is 1.48 bits per heavy atom. The number of piperidine rings is 1. The van der Waals surface area contributed by atoms with Crippen molar-refractivity contribution >= 4 is 18.0 Å². The van der Waals surface area contributed by atoms with E-state index in [1.54, 1.807) is 0 Å². The number of hydrogen-bond acceptors (Lipinski definition) is 2. The van der Waals surface area contributed by atoms with Crippen LogP contribution in [0.3, 0.4) is 0 Å². The molecular formula is C19H31ClN2O. The fraction of sp³-hybridized carbons (Fsp3) is 0.737. The Hall–Kier alpha value is -0.800. The third kappa shape index (κ3) is 4.84. The van der Waals surface area contributed by atoms with Gasteiger partial charge < -0.3 is 10.2 Å². The molecule has 0 radical (unpaired) electrons. The van der Waals surface area contributed by atoms with Crippen molar-refractivity contribution in [3.8, 4) is 0 Å². The van der Waals surface area contributed by atoms with Crippen LogP contribution in [0.5, 0.6) is 0 Å². The molecule has 0 saturated carbocycles. The minimum absolute atomic E-state index is 0.156. The molecule has 1 aliphatic heterocycles. The van der Waals surface area contributed by atoms with Gasteiger partial charge in [0.15, 0.2) is 0 Å². The molecule has 2 unspecified atom stereocenters. The maximum absolute atomic E-state index is 10.8. The molecule has 130 valence electrons. The van der Waals surface area contributed by atoms with Crippen LogP contribution in [0.15, 0.2) is 23.8 Å². The number of carbonyl (C=O) groups excluding carboxylic acids is 1. The number of likely N-dealkylation sites (tertiary alicyclic amines) is 1. The number of hydrogen-bond donors (Lipinski definition) is 1. The lowest BCUT2D eigenvalue weighted by atomic mass is 9.69. The van der Waals surface area contributed by atoms with E-state index >= 15 is 0 Å². The van der Waals surface area contributed by atoms with Crippen molar-refractivity contribution < 1.29 is 4.79 Å². The van der Waals surface area contributed by atoms with Crippen molar-refractivity contribution in [3.63, 3.8) is 0 Å². The zero-order chi connectivity index (χ0) is 17.0. The molecule has 0 aromatic heterocycles. The van der Waals surface area contributed by atoms with E-state index in [2.05, 4.69) is 56.1 Å². The molecule has 2 aliphatic rings. The number of rotatable bonds is 6. The van der Waals surface area contributed by atoms with Crippen LogP contribution in [0, 0.1) is 17.3 Å². The third-order valence-corrected chi connectivity index (χ3v) is 5.65. The Morgan fingerprint density at radius 2 is 2.22 bits per heavy atom. The summed E-state index contributed by atoms with van der Waals surface area (Å²) in [6.45, 7) is 12.2. The molecule has 0 bridgehead atoms. The fourth-order valence-corrected chi connectivity index (χ4v) is 4.09. The number of halogens is 1. The molecule has 0 aromatic carbocycles. The molecule has 1 fully saturated rings. The SMILES string of the molecule is CC(C)[C@H](CN1CCC(C2=CCC(Cl)C=C2)C(C)(C)C1)NC=O. The summed E-state index contributed by atoms with van der Waals surface area (Å²) in [7, 11) is 0. The van der Waals surface area contributed by atoms with Crippen LogP contribution < -0.4 is 5.32 Å². The van der Waals surface area contributed by atoms with E-state index in [1.807, 2.05) is 0 Å². The summed E-state index contributed by atoms with van der Waals surface area (Å²) in [6, 6.07) is 0.227. The van der Waals surface area contributed by atoms with E-state index in [-0.39, 0.29) is 16.8 Å². The standard InChI is InChI=1S/C19H31ClN2O/c1-14(2)18(21-13-23)11-22-10-9-17(19(3,4)12-22)15-5-7-16(20)8-6-15/h5-7,13-14,16-18H,8-12H2,1-4H3,(H,21,23)/t16?,17?,18-/m0/s1. The highest BCUT2D eigenvalue weighted by Crippen LogP contribution is 2.41. The van der Waals surface area contributed by atoms with Gasteiger partial charge in [-0.3, -0.25) is 4.79 Å². The van der Waals surface area contributed by atoms with Crippen LogP contribution in [0.2, 0.25) is 0 Å². The summed E-state index contributed by atoms with van der Waals surface area (Å²) in [5, 5.41) is 3.13. The molecular weight excluding hydrogens is 308 g/mol. The number of amides is 1. The first-order valence-corrected chi connectivity index (χ1v) is 9.21. The van der Waals surface area contributed by atoms with E-state index in [0.717, 1.165) is 32.5 Å². The summed E-state index contributed by atoms with van der Waals surface area (Å²) < 4.78 is 0. The van der Waals surface area contributed by atoms with Crippen molar-refractivity contribution in [1.82, 2.24) is 10.2 Å². The smallest absolute Gasteiger partial charge is 0.207 e. The minimum Gasteiger partial charge on any atom is -0.354 e. The second-order valence-corrected chi connectivity index (χ2v) is 8.58. The first-order valence-electron chi connectivity index (χ1n) is 8.78. The van der Waals surface area contributed by atoms with E-state index in [1.165, 1.54) is 12.0 Å². The van der Waals surface area contributed by atoms with Crippen molar-refractivity contribution in [2.24, 2.45) is 17.3 Å².